The highest BCUT2D eigenvalue weighted by atomic mass is 19.1. The maximum absolute atomic E-state index is 13.0. The van der Waals surface area contributed by atoms with Crippen LogP contribution >= 0.6 is 0 Å². The molecule has 2 amide bonds. The van der Waals surface area contributed by atoms with Gasteiger partial charge in [0.05, 0.1) is 5.52 Å². The second kappa shape index (κ2) is 7.99. The third kappa shape index (κ3) is 4.13. The van der Waals surface area contributed by atoms with Crippen molar-refractivity contribution in [3.63, 3.8) is 0 Å². The van der Waals surface area contributed by atoms with E-state index in [9.17, 15) is 14.0 Å². The van der Waals surface area contributed by atoms with E-state index in [1.165, 1.54) is 12.1 Å². The average molecular weight is 368 g/mol. The van der Waals surface area contributed by atoms with Crippen molar-refractivity contribution in [2.45, 2.75) is 32.9 Å². The van der Waals surface area contributed by atoms with Crippen LogP contribution in [0.25, 0.3) is 5.52 Å². The Hall–Kier alpha value is -3.22. The zero-order valence-corrected chi connectivity index (χ0v) is 15.2. The fraction of sp³-hybridized carbons (Fsp3) is 0.250. The lowest BCUT2D eigenvalue weighted by Gasteiger charge is -2.09. The number of hydrogen-bond donors (Lipinski definition) is 2. The van der Waals surface area contributed by atoms with Crippen LogP contribution in [-0.2, 0) is 6.54 Å². The molecular weight excluding hydrogens is 347 g/mol. The van der Waals surface area contributed by atoms with Crippen molar-refractivity contribution in [3.05, 3.63) is 71.6 Å². The highest BCUT2D eigenvalue weighted by molar-refractivity contribution is 6.02. The Bertz CT molecular complexity index is 966. The molecule has 1 unspecified atom stereocenters. The van der Waals surface area contributed by atoms with E-state index < -0.39 is 5.91 Å². The van der Waals surface area contributed by atoms with Gasteiger partial charge in [0, 0.05) is 18.8 Å². The summed E-state index contributed by atoms with van der Waals surface area (Å²) in [7, 11) is 0. The molecule has 0 radical (unpaired) electrons. The minimum Gasteiger partial charge on any atom is -0.348 e. The number of imidazole rings is 1. The van der Waals surface area contributed by atoms with E-state index in [0.717, 1.165) is 12.0 Å². The van der Waals surface area contributed by atoms with Crippen LogP contribution < -0.4 is 10.6 Å². The molecule has 0 saturated heterocycles. The van der Waals surface area contributed by atoms with Crippen molar-refractivity contribution < 1.29 is 14.0 Å². The summed E-state index contributed by atoms with van der Waals surface area (Å²) in [5.74, 6) is -0.933. The van der Waals surface area contributed by atoms with E-state index in [0.29, 0.717) is 5.52 Å². The predicted molar refractivity (Wildman–Crippen MR) is 100.0 cm³/mol. The van der Waals surface area contributed by atoms with E-state index in [-0.39, 0.29) is 35.8 Å². The van der Waals surface area contributed by atoms with Gasteiger partial charge in [-0.1, -0.05) is 25.1 Å². The minimum atomic E-state index is -0.414. The van der Waals surface area contributed by atoms with Crippen LogP contribution in [0.2, 0.25) is 0 Å². The molecule has 1 atom stereocenters. The summed E-state index contributed by atoms with van der Waals surface area (Å²) >= 11 is 0. The molecule has 2 aromatic heterocycles. The van der Waals surface area contributed by atoms with Gasteiger partial charge in [0.25, 0.3) is 11.8 Å². The number of benzene rings is 1. The molecule has 27 heavy (non-hydrogen) atoms. The second-order valence-corrected chi connectivity index (χ2v) is 6.33. The number of nitrogens with one attached hydrogen (secondary N) is 2. The monoisotopic (exact) mass is 368 g/mol. The quantitative estimate of drug-likeness (QED) is 0.702. The zero-order chi connectivity index (χ0) is 19.4. The number of aromatic nitrogens is 2. The molecule has 0 aliphatic heterocycles. The van der Waals surface area contributed by atoms with Crippen molar-refractivity contribution >= 4 is 17.3 Å². The van der Waals surface area contributed by atoms with Gasteiger partial charge < -0.3 is 10.6 Å². The number of pyridine rings is 1. The Morgan fingerprint density at radius 2 is 1.89 bits per heavy atom. The lowest BCUT2D eigenvalue weighted by Crippen LogP contribution is -2.32. The lowest BCUT2D eigenvalue weighted by molar-refractivity contribution is 0.0936. The SMILES string of the molecule is CCC(C)NC(=O)c1nc(C(=O)NCc2ccc(F)cc2)n2ccccc12. The van der Waals surface area contributed by atoms with E-state index in [1.54, 1.807) is 40.9 Å². The average Bonchev–Trinajstić information content (AvgIpc) is 3.07. The van der Waals surface area contributed by atoms with Crippen LogP contribution in [0.15, 0.2) is 48.7 Å². The number of hydrogen-bond acceptors (Lipinski definition) is 3. The van der Waals surface area contributed by atoms with E-state index in [4.69, 9.17) is 0 Å². The molecule has 0 bridgehead atoms. The van der Waals surface area contributed by atoms with Gasteiger partial charge >= 0.3 is 0 Å². The van der Waals surface area contributed by atoms with Gasteiger partial charge in [-0.15, -0.1) is 0 Å². The van der Waals surface area contributed by atoms with Gasteiger partial charge in [0.2, 0.25) is 5.82 Å². The molecule has 0 aliphatic rings. The van der Waals surface area contributed by atoms with Crippen LogP contribution in [0.3, 0.4) is 0 Å². The first-order valence-electron chi connectivity index (χ1n) is 8.80. The number of carbonyl (C=O) groups excluding carboxylic acids is 2. The molecule has 1 aromatic carbocycles. The fourth-order valence-electron chi connectivity index (χ4n) is 2.62. The largest absolute Gasteiger partial charge is 0.348 e. The summed E-state index contributed by atoms with van der Waals surface area (Å²) in [6.07, 6.45) is 2.48. The van der Waals surface area contributed by atoms with Gasteiger partial charge in [-0.25, -0.2) is 9.37 Å². The van der Waals surface area contributed by atoms with Crippen LogP contribution in [-0.4, -0.2) is 27.2 Å². The van der Waals surface area contributed by atoms with Gasteiger partial charge in [-0.2, -0.15) is 0 Å². The molecule has 0 fully saturated rings. The van der Waals surface area contributed by atoms with E-state index in [2.05, 4.69) is 15.6 Å². The first kappa shape index (κ1) is 18.6. The zero-order valence-electron chi connectivity index (χ0n) is 15.2. The predicted octanol–water partition coefficient (Wildman–Crippen LogP) is 2.93. The van der Waals surface area contributed by atoms with Crippen molar-refractivity contribution in [3.8, 4) is 0 Å². The summed E-state index contributed by atoms with van der Waals surface area (Å²) in [5, 5.41) is 5.63. The molecular formula is C20H21FN4O2. The summed E-state index contributed by atoms with van der Waals surface area (Å²) in [5.41, 5.74) is 1.54. The molecule has 0 aliphatic carbocycles. The maximum Gasteiger partial charge on any atom is 0.287 e. The summed E-state index contributed by atoms with van der Waals surface area (Å²) < 4.78 is 14.6. The smallest absolute Gasteiger partial charge is 0.287 e. The molecule has 0 saturated carbocycles. The Kier molecular flexibility index (Phi) is 5.49. The number of carbonyl (C=O) groups is 2. The van der Waals surface area contributed by atoms with Gasteiger partial charge in [-0.3, -0.25) is 14.0 Å². The Morgan fingerprint density at radius 1 is 1.15 bits per heavy atom. The summed E-state index contributed by atoms with van der Waals surface area (Å²) in [4.78, 5) is 29.4. The highest BCUT2D eigenvalue weighted by Gasteiger charge is 2.21. The van der Waals surface area contributed by atoms with Crippen LogP contribution in [0.4, 0.5) is 4.39 Å². The molecule has 0 spiro atoms. The lowest BCUT2D eigenvalue weighted by atomic mass is 10.2. The summed E-state index contributed by atoms with van der Waals surface area (Å²) in [6, 6.07) is 11.2. The topological polar surface area (TPSA) is 75.5 Å². The second-order valence-electron chi connectivity index (χ2n) is 6.33. The molecule has 140 valence electrons. The van der Waals surface area contributed by atoms with Gasteiger partial charge in [0.1, 0.15) is 5.82 Å². The number of fused-ring (bicyclic) bond motifs is 1. The van der Waals surface area contributed by atoms with Crippen molar-refractivity contribution in [2.24, 2.45) is 0 Å². The highest BCUT2D eigenvalue weighted by Crippen LogP contribution is 2.14. The third-order valence-corrected chi connectivity index (χ3v) is 4.32. The van der Waals surface area contributed by atoms with Crippen LogP contribution in [0.1, 0.15) is 46.9 Å². The number of rotatable bonds is 6. The van der Waals surface area contributed by atoms with Crippen molar-refractivity contribution in [1.82, 2.24) is 20.0 Å². The van der Waals surface area contributed by atoms with Crippen LogP contribution in [0, 0.1) is 5.82 Å². The molecule has 6 nitrogen and oxygen atoms in total. The Labute approximate surface area is 156 Å². The summed E-state index contributed by atoms with van der Waals surface area (Å²) in [6.45, 7) is 4.12. The Morgan fingerprint density at radius 3 is 2.59 bits per heavy atom. The first-order chi connectivity index (χ1) is 13.0. The van der Waals surface area contributed by atoms with Crippen LogP contribution in [0.5, 0.6) is 0 Å². The van der Waals surface area contributed by atoms with Crippen molar-refractivity contribution in [2.75, 3.05) is 0 Å². The molecule has 7 heteroatoms. The standard InChI is InChI=1S/C20H21FN4O2/c1-3-13(2)23-19(26)17-16-6-4-5-11-25(16)18(24-17)20(27)22-12-14-7-9-15(21)10-8-14/h4-11,13H,3,12H2,1-2H3,(H,22,27)(H,23,26). The Balaban J connectivity index is 1.84. The molecule has 2 N–H and O–H groups in total. The number of amides is 2. The molecule has 3 rings (SSSR count). The molecule has 3 aromatic rings. The normalized spacial score (nSPS) is 12.0. The number of halogens is 1. The van der Waals surface area contributed by atoms with E-state index >= 15 is 0 Å². The third-order valence-electron chi connectivity index (χ3n) is 4.32. The maximum atomic E-state index is 13.0. The number of nitrogens with zero attached hydrogens (tertiary/aromatic N) is 2. The van der Waals surface area contributed by atoms with Gasteiger partial charge in [-0.05, 0) is 43.2 Å². The van der Waals surface area contributed by atoms with E-state index in [1.807, 2.05) is 13.8 Å². The van der Waals surface area contributed by atoms with Gasteiger partial charge in [0.15, 0.2) is 5.69 Å². The molecule has 2 heterocycles. The van der Waals surface area contributed by atoms with Crippen molar-refractivity contribution in [1.29, 1.82) is 0 Å². The fourth-order valence-corrected chi connectivity index (χ4v) is 2.62. The first-order valence-corrected chi connectivity index (χ1v) is 8.80. The minimum absolute atomic E-state index is 0.00807.